The van der Waals surface area contributed by atoms with Gasteiger partial charge in [0, 0.05) is 25.4 Å². The second-order valence-electron chi connectivity index (χ2n) is 8.64. The molecule has 5 heteroatoms. The summed E-state index contributed by atoms with van der Waals surface area (Å²) in [7, 11) is 0. The van der Waals surface area contributed by atoms with Crippen LogP contribution in [0.5, 0.6) is 0 Å². The van der Waals surface area contributed by atoms with E-state index in [1.54, 1.807) is 6.92 Å². The number of nitrogens with zero attached hydrogens (tertiary/aromatic N) is 1. The van der Waals surface area contributed by atoms with Crippen LogP contribution in [0.15, 0.2) is 12.1 Å². The Balaban J connectivity index is 1.66. The van der Waals surface area contributed by atoms with Crippen molar-refractivity contribution in [2.24, 2.45) is 11.8 Å². The molecule has 4 nitrogen and oxygen atoms in total. The van der Waals surface area contributed by atoms with E-state index in [0.717, 1.165) is 41.5 Å². The lowest BCUT2D eigenvalue weighted by Crippen LogP contribution is -2.42. The van der Waals surface area contributed by atoms with E-state index in [-0.39, 0.29) is 23.4 Å². The van der Waals surface area contributed by atoms with Crippen LogP contribution in [0, 0.1) is 32.6 Å². The second kappa shape index (κ2) is 8.36. The Hall–Kier alpha value is -1.68. The van der Waals surface area contributed by atoms with Gasteiger partial charge in [0.25, 0.3) is 0 Å². The Morgan fingerprint density at radius 3 is 2.25 bits per heavy atom. The average molecular weight is 404 g/mol. The summed E-state index contributed by atoms with van der Waals surface area (Å²) >= 11 is 5.91. The number of carbonyl (C=O) groups is 3. The average Bonchev–Trinajstić information content (AvgIpc) is 2.88. The van der Waals surface area contributed by atoms with E-state index in [1.165, 1.54) is 0 Å². The molecule has 28 heavy (non-hydrogen) atoms. The summed E-state index contributed by atoms with van der Waals surface area (Å²) in [4.78, 5) is 39.7. The van der Waals surface area contributed by atoms with Crippen LogP contribution in [0.25, 0.3) is 0 Å². The third kappa shape index (κ3) is 4.17. The summed E-state index contributed by atoms with van der Waals surface area (Å²) in [6.45, 7) is 9.10. The van der Waals surface area contributed by atoms with Crippen LogP contribution < -0.4 is 0 Å². The van der Waals surface area contributed by atoms with Crippen molar-refractivity contribution < 1.29 is 14.4 Å². The van der Waals surface area contributed by atoms with E-state index in [2.05, 4.69) is 12.1 Å². The van der Waals surface area contributed by atoms with E-state index in [0.29, 0.717) is 25.4 Å². The molecule has 0 radical (unpaired) electrons. The number of halogens is 1. The molecule has 3 atom stereocenters. The predicted molar refractivity (Wildman–Crippen MR) is 111 cm³/mol. The summed E-state index contributed by atoms with van der Waals surface area (Å²) in [6, 6.07) is 4.11. The van der Waals surface area contributed by atoms with E-state index in [1.807, 2.05) is 25.7 Å². The van der Waals surface area contributed by atoms with Crippen molar-refractivity contribution in [1.82, 2.24) is 4.90 Å². The van der Waals surface area contributed by atoms with Gasteiger partial charge in [-0.15, -0.1) is 11.6 Å². The third-order valence-electron chi connectivity index (χ3n) is 6.37. The van der Waals surface area contributed by atoms with Gasteiger partial charge in [0.05, 0.1) is 0 Å². The predicted octanol–water partition coefficient (Wildman–Crippen LogP) is 4.11. The van der Waals surface area contributed by atoms with Crippen molar-refractivity contribution in [3.05, 3.63) is 34.4 Å². The van der Waals surface area contributed by atoms with Crippen molar-refractivity contribution in [3.63, 3.8) is 0 Å². The van der Waals surface area contributed by atoms with Gasteiger partial charge in [0.15, 0.2) is 5.78 Å². The topological polar surface area (TPSA) is 54.5 Å². The van der Waals surface area contributed by atoms with E-state index < -0.39 is 11.3 Å². The van der Waals surface area contributed by atoms with Crippen LogP contribution in [-0.4, -0.2) is 40.8 Å². The maximum absolute atomic E-state index is 13.1. The fourth-order valence-electron chi connectivity index (χ4n) is 5.05. The highest BCUT2D eigenvalue weighted by molar-refractivity contribution is 6.30. The Labute approximate surface area is 172 Å². The third-order valence-corrected chi connectivity index (χ3v) is 6.55. The van der Waals surface area contributed by atoms with Crippen molar-refractivity contribution >= 4 is 29.1 Å². The monoisotopic (exact) mass is 403 g/mol. The number of alkyl halides is 1. The lowest BCUT2D eigenvalue weighted by atomic mass is 9.83. The van der Waals surface area contributed by atoms with Crippen molar-refractivity contribution in [2.45, 2.75) is 64.7 Å². The van der Waals surface area contributed by atoms with Crippen molar-refractivity contribution in [1.29, 1.82) is 0 Å². The molecule has 1 saturated heterocycles. The minimum absolute atomic E-state index is 0.0161. The van der Waals surface area contributed by atoms with Crippen LogP contribution >= 0.6 is 11.6 Å². The Kier molecular flexibility index (Phi) is 6.28. The number of amides is 1. The van der Waals surface area contributed by atoms with Crippen LogP contribution in [0.2, 0.25) is 0 Å². The quantitative estimate of drug-likeness (QED) is 0.561. The SMILES string of the molecule is Cc1cc(C)c(C2C(=O)CC(CC3CCN(C(=O)C(C)Cl)CC3)C2=O)c(C)c1. The van der Waals surface area contributed by atoms with E-state index in [4.69, 9.17) is 11.6 Å². The number of Topliss-reactive ketones (excluding diaryl/α,β-unsaturated/α-hetero) is 2. The zero-order chi connectivity index (χ0) is 20.6. The first-order chi connectivity index (χ1) is 13.2. The Bertz CT molecular complexity index is 770. The maximum Gasteiger partial charge on any atom is 0.240 e. The van der Waals surface area contributed by atoms with Crippen molar-refractivity contribution in [3.8, 4) is 0 Å². The summed E-state index contributed by atoms with van der Waals surface area (Å²) in [6.07, 6.45) is 2.86. The number of piperidine rings is 1. The molecule has 0 bridgehead atoms. The molecule has 3 unspecified atom stereocenters. The van der Waals surface area contributed by atoms with Gasteiger partial charge in [0.1, 0.15) is 17.1 Å². The van der Waals surface area contributed by atoms with Gasteiger partial charge in [-0.05, 0) is 69.6 Å². The first-order valence-electron chi connectivity index (χ1n) is 10.3. The first kappa shape index (κ1) is 21.0. The molecule has 1 heterocycles. The van der Waals surface area contributed by atoms with Gasteiger partial charge in [0.2, 0.25) is 5.91 Å². The number of hydrogen-bond donors (Lipinski definition) is 0. The Morgan fingerprint density at radius 2 is 1.71 bits per heavy atom. The number of hydrogen-bond acceptors (Lipinski definition) is 3. The molecule has 1 saturated carbocycles. The molecule has 1 aromatic rings. The minimum Gasteiger partial charge on any atom is -0.341 e. The molecule has 152 valence electrons. The van der Waals surface area contributed by atoms with Gasteiger partial charge in [-0.2, -0.15) is 0 Å². The highest BCUT2D eigenvalue weighted by Crippen LogP contribution is 2.39. The van der Waals surface area contributed by atoms with Gasteiger partial charge >= 0.3 is 0 Å². The smallest absolute Gasteiger partial charge is 0.240 e. The zero-order valence-electron chi connectivity index (χ0n) is 17.3. The highest BCUT2D eigenvalue weighted by Gasteiger charge is 2.44. The largest absolute Gasteiger partial charge is 0.341 e. The van der Waals surface area contributed by atoms with Crippen LogP contribution in [-0.2, 0) is 14.4 Å². The normalized spacial score (nSPS) is 24.7. The fraction of sp³-hybridized carbons (Fsp3) is 0.609. The molecule has 1 amide bonds. The molecule has 2 aliphatic rings. The molecule has 1 aromatic carbocycles. The number of likely N-dealkylation sites (tertiary alicyclic amines) is 1. The molecule has 1 aliphatic heterocycles. The summed E-state index contributed by atoms with van der Waals surface area (Å²) in [5, 5.41) is -0.493. The van der Waals surface area contributed by atoms with Crippen LogP contribution in [0.1, 0.15) is 60.8 Å². The number of aryl methyl sites for hydroxylation is 3. The molecule has 2 fully saturated rings. The summed E-state index contributed by atoms with van der Waals surface area (Å²) in [5.41, 5.74) is 4.14. The molecule has 1 aliphatic carbocycles. The minimum atomic E-state index is -0.593. The van der Waals surface area contributed by atoms with Gasteiger partial charge in [-0.3, -0.25) is 14.4 Å². The fourth-order valence-corrected chi connectivity index (χ4v) is 5.19. The molecule has 0 aromatic heterocycles. The van der Waals surface area contributed by atoms with E-state index in [9.17, 15) is 14.4 Å². The molecular weight excluding hydrogens is 374 g/mol. The van der Waals surface area contributed by atoms with Gasteiger partial charge in [-0.1, -0.05) is 17.7 Å². The summed E-state index contributed by atoms with van der Waals surface area (Å²) < 4.78 is 0. The Morgan fingerprint density at radius 1 is 1.14 bits per heavy atom. The number of benzene rings is 1. The molecular formula is C23H30ClNO3. The van der Waals surface area contributed by atoms with Crippen LogP contribution in [0.4, 0.5) is 0 Å². The van der Waals surface area contributed by atoms with E-state index >= 15 is 0 Å². The lowest BCUT2D eigenvalue weighted by molar-refractivity contribution is -0.132. The van der Waals surface area contributed by atoms with Crippen molar-refractivity contribution in [2.75, 3.05) is 13.1 Å². The van der Waals surface area contributed by atoms with Gasteiger partial charge in [-0.25, -0.2) is 0 Å². The summed E-state index contributed by atoms with van der Waals surface area (Å²) in [5.74, 6) is -0.254. The second-order valence-corrected chi connectivity index (χ2v) is 9.29. The lowest BCUT2D eigenvalue weighted by Gasteiger charge is -2.33. The maximum atomic E-state index is 13.1. The van der Waals surface area contributed by atoms with Crippen LogP contribution in [0.3, 0.4) is 0 Å². The molecule has 3 rings (SSSR count). The molecule has 0 spiro atoms. The standard InChI is InChI=1S/C23H30ClNO3/c1-13-9-14(2)20(15(3)10-13)21-19(26)12-18(22(21)27)11-17-5-7-25(8-6-17)23(28)16(4)24/h9-10,16-18,21H,5-8,11-12H2,1-4H3. The zero-order valence-corrected chi connectivity index (χ0v) is 18.0. The number of rotatable bonds is 4. The highest BCUT2D eigenvalue weighted by atomic mass is 35.5. The number of ketones is 2. The molecule has 0 N–H and O–H groups in total. The first-order valence-corrected chi connectivity index (χ1v) is 10.7. The number of carbonyl (C=O) groups excluding carboxylic acids is 3. The van der Waals surface area contributed by atoms with Gasteiger partial charge < -0.3 is 4.90 Å².